The maximum absolute atomic E-state index is 14.7. The van der Waals surface area contributed by atoms with Crippen molar-refractivity contribution in [3.8, 4) is 11.5 Å². The summed E-state index contributed by atoms with van der Waals surface area (Å²) >= 11 is 7.58. The van der Waals surface area contributed by atoms with Gasteiger partial charge in [-0.1, -0.05) is 42.4 Å². The fraction of sp³-hybridized carbons (Fsp3) is 0.500. The number of amidine groups is 1. The minimum Gasteiger partial charge on any atom is -0.485 e. The fourth-order valence-electron chi connectivity index (χ4n) is 6.43. The van der Waals surface area contributed by atoms with Crippen LogP contribution in [0.5, 0.6) is 11.5 Å². The number of rotatable bonds is 8. The van der Waals surface area contributed by atoms with Gasteiger partial charge in [-0.25, -0.2) is 4.39 Å². The summed E-state index contributed by atoms with van der Waals surface area (Å²) in [5, 5.41) is 0.382. The molecule has 5 atom stereocenters. The molecule has 2 aromatic rings. The number of carbonyl (C=O) groups excluding carboxylic acids is 1. The van der Waals surface area contributed by atoms with Crippen molar-refractivity contribution >= 4 is 40.7 Å². The highest BCUT2D eigenvalue weighted by Gasteiger charge is 2.43. The van der Waals surface area contributed by atoms with Gasteiger partial charge in [-0.15, -0.1) is 0 Å². The average Bonchev–Trinajstić information content (AvgIpc) is 3.53. The second kappa shape index (κ2) is 12.0. The predicted molar refractivity (Wildman–Crippen MR) is 167 cm³/mol. The number of fused-ring (bicyclic) bond motifs is 2. The Morgan fingerprint density at radius 3 is 2.84 bits per heavy atom. The van der Waals surface area contributed by atoms with Crippen LogP contribution in [-0.2, 0) is 9.53 Å². The average molecular weight is 627 g/mol. The van der Waals surface area contributed by atoms with Gasteiger partial charge in [0.15, 0.2) is 23.4 Å². The number of Topliss-reactive ketones (excluding diaryl/α,β-unsaturated/α-hetero) is 1. The lowest BCUT2D eigenvalue weighted by atomic mass is 10.1. The third kappa shape index (κ3) is 5.63. The van der Waals surface area contributed by atoms with Crippen LogP contribution >= 0.6 is 23.4 Å². The number of nitrogens with zero attached hydrogens (tertiary/aromatic N) is 4. The topological polar surface area (TPSA) is 66.8 Å². The summed E-state index contributed by atoms with van der Waals surface area (Å²) in [4.78, 5) is 25.6. The molecule has 8 nitrogen and oxygen atoms in total. The third-order valence-electron chi connectivity index (χ3n) is 8.99. The zero-order valence-corrected chi connectivity index (χ0v) is 26.0. The third-order valence-corrected chi connectivity index (χ3v) is 10.5. The van der Waals surface area contributed by atoms with Crippen molar-refractivity contribution in [1.29, 1.82) is 0 Å². The van der Waals surface area contributed by atoms with Crippen LogP contribution in [0.1, 0.15) is 38.4 Å². The molecule has 2 unspecified atom stereocenters. The maximum atomic E-state index is 14.7. The van der Waals surface area contributed by atoms with Crippen LogP contribution in [0.15, 0.2) is 52.4 Å². The lowest BCUT2D eigenvalue weighted by Crippen LogP contribution is -2.55. The monoisotopic (exact) mass is 626 g/mol. The largest absolute Gasteiger partial charge is 0.485 e. The van der Waals surface area contributed by atoms with Crippen molar-refractivity contribution in [2.45, 2.75) is 56.4 Å². The highest BCUT2D eigenvalue weighted by molar-refractivity contribution is 8.04. The smallest absolute Gasteiger partial charge is 0.185 e. The molecule has 5 aliphatic heterocycles. The lowest BCUT2D eigenvalue weighted by molar-refractivity contribution is -0.114. The van der Waals surface area contributed by atoms with Gasteiger partial charge < -0.3 is 24.0 Å². The zero-order valence-electron chi connectivity index (χ0n) is 24.4. The minimum atomic E-state index is -0.560. The van der Waals surface area contributed by atoms with Gasteiger partial charge in [0.05, 0.1) is 29.3 Å². The zero-order chi connectivity index (χ0) is 29.7. The molecule has 0 spiro atoms. The number of anilines is 1. The van der Waals surface area contributed by atoms with E-state index in [2.05, 4.69) is 27.7 Å². The summed E-state index contributed by atoms with van der Waals surface area (Å²) in [6.07, 6.45) is 3.37. The van der Waals surface area contributed by atoms with Gasteiger partial charge in [0, 0.05) is 55.8 Å². The van der Waals surface area contributed by atoms with Gasteiger partial charge in [-0.3, -0.25) is 14.7 Å². The summed E-state index contributed by atoms with van der Waals surface area (Å²) in [6.45, 7) is 9.22. The van der Waals surface area contributed by atoms with Crippen LogP contribution in [0.3, 0.4) is 0 Å². The molecular formula is C32H36ClFN4O4S. The summed E-state index contributed by atoms with van der Waals surface area (Å²) in [6, 6.07) is 10.9. The van der Waals surface area contributed by atoms with Crippen LogP contribution in [0, 0.1) is 5.82 Å². The Bertz CT molecular complexity index is 1470. The number of aliphatic imine (C=N–C) groups is 1. The number of hydrogen-bond acceptors (Lipinski definition) is 9. The van der Waals surface area contributed by atoms with Gasteiger partial charge in [0.1, 0.15) is 23.6 Å². The van der Waals surface area contributed by atoms with Gasteiger partial charge in [-0.2, -0.15) is 0 Å². The van der Waals surface area contributed by atoms with Gasteiger partial charge in [0.25, 0.3) is 0 Å². The van der Waals surface area contributed by atoms with Crippen molar-refractivity contribution in [3.05, 3.63) is 63.8 Å². The predicted octanol–water partition coefficient (Wildman–Crippen LogP) is 5.31. The fourth-order valence-corrected chi connectivity index (χ4v) is 7.88. The minimum absolute atomic E-state index is 0.0311. The van der Waals surface area contributed by atoms with E-state index in [1.54, 1.807) is 23.9 Å². The molecule has 0 amide bonds. The second-order valence-corrected chi connectivity index (χ2v) is 13.3. The molecule has 2 fully saturated rings. The Morgan fingerprint density at radius 1 is 1.23 bits per heavy atom. The van der Waals surface area contributed by atoms with E-state index >= 15 is 0 Å². The van der Waals surface area contributed by atoms with Crippen LogP contribution in [0.4, 0.5) is 10.1 Å². The molecular weight excluding hydrogens is 591 g/mol. The molecule has 0 radical (unpaired) electrons. The lowest BCUT2D eigenvalue weighted by Gasteiger charge is -2.43. The number of halogens is 2. The summed E-state index contributed by atoms with van der Waals surface area (Å²) in [5.41, 5.74) is 1.38. The number of allylic oxidation sites excluding steroid dienone is 1. The maximum Gasteiger partial charge on any atom is 0.185 e. The normalized spacial score (nSPS) is 28.3. The van der Waals surface area contributed by atoms with E-state index < -0.39 is 11.9 Å². The van der Waals surface area contributed by atoms with Crippen molar-refractivity contribution in [3.63, 3.8) is 0 Å². The summed E-state index contributed by atoms with van der Waals surface area (Å²) in [7, 11) is 0. The number of thioether (sulfide) groups is 1. The van der Waals surface area contributed by atoms with E-state index in [1.807, 2.05) is 25.1 Å². The molecule has 228 valence electrons. The molecule has 0 N–H and O–H groups in total. The molecule has 2 aromatic carbocycles. The molecule has 5 aliphatic rings. The molecule has 43 heavy (non-hydrogen) atoms. The first kappa shape index (κ1) is 29.0. The Labute approximate surface area is 260 Å². The highest BCUT2D eigenvalue weighted by Crippen LogP contribution is 2.45. The number of piperazine rings is 1. The Kier molecular flexibility index (Phi) is 8.05. The molecule has 11 heteroatoms. The van der Waals surface area contributed by atoms with E-state index in [0.29, 0.717) is 28.5 Å². The number of para-hydroxylation sites is 1. The standard InChI is InChI=1S/C32H36ClFN4O4S/c1-3-26(39)29-14-25-32(43-29)35-30(38(25)16-21-9-12-40-21)17-36-10-11-37(15-19(36)2)24-5-4-6-27-31(24)42-28(18-41-27)22-8-7-20(33)13-23(22)34/h4-8,13-14,19,21,25,28,32H,3,9-12,15-18H2,1-2H3/t19-,21-,25?,28-,32?/m0/s1. The molecule has 0 saturated carbocycles. The Hall–Kier alpha value is -2.79. The molecule has 0 aromatic heterocycles. The van der Waals surface area contributed by atoms with E-state index in [-0.39, 0.29) is 36.0 Å². The number of benzene rings is 2. The van der Waals surface area contributed by atoms with E-state index in [0.717, 1.165) is 62.2 Å². The van der Waals surface area contributed by atoms with Crippen molar-refractivity contribution in [1.82, 2.24) is 9.80 Å². The SMILES string of the molecule is CCC(=O)C1=CC2C(N=C(CN3CCN(c4cccc5c4O[C@H](c4ccc(Cl)cc4F)CO5)C[C@@H]3C)N2C[C@@H]2CCO2)S1. The van der Waals surface area contributed by atoms with Crippen molar-refractivity contribution < 1.29 is 23.4 Å². The first-order chi connectivity index (χ1) is 20.9. The second-order valence-electron chi connectivity index (χ2n) is 11.7. The van der Waals surface area contributed by atoms with Crippen LogP contribution in [0.25, 0.3) is 0 Å². The summed E-state index contributed by atoms with van der Waals surface area (Å²) in [5.74, 6) is 2.20. The molecule has 0 bridgehead atoms. The van der Waals surface area contributed by atoms with Gasteiger partial charge in [-0.05, 0) is 43.7 Å². The van der Waals surface area contributed by atoms with Crippen molar-refractivity contribution in [2.24, 2.45) is 4.99 Å². The molecule has 5 heterocycles. The van der Waals surface area contributed by atoms with E-state index in [9.17, 15) is 9.18 Å². The molecule has 2 saturated heterocycles. The van der Waals surface area contributed by atoms with Crippen LogP contribution in [0.2, 0.25) is 5.02 Å². The first-order valence-corrected chi connectivity index (χ1v) is 16.4. The Morgan fingerprint density at radius 2 is 2.09 bits per heavy atom. The van der Waals surface area contributed by atoms with Crippen molar-refractivity contribution in [2.75, 3.05) is 50.8 Å². The molecule has 0 aliphatic carbocycles. The van der Waals surface area contributed by atoms with Gasteiger partial charge >= 0.3 is 0 Å². The molecule has 7 rings (SSSR count). The first-order valence-electron chi connectivity index (χ1n) is 15.1. The van der Waals surface area contributed by atoms with Crippen LogP contribution in [-0.4, -0.2) is 90.9 Å². The Balaban J connectivity index is 1.04. The number of hydrogen-bond donors (Lipinski definition) is 0. The van der Waals surface area contributed by atoms with E-state index in [1.165, 1.54) is 6.07 Å². The van der Waals surface area contributed by atoms with Crippen LogP contribution < -0.4 is 14.4 Å². The number of carbonyl (C=O) groups is 1. The number of ether oxygens (including phenoxy) is 3. The van der Waals surface area contributed by atoms with E-state index in [4.69, 9.17) is 30.8 Å². The van der Waals surface area contributed by atoms with Gasteiger partial charge in [0.2, 0.25) is 0 Å². The quantitative estimate of drug-likeness (QED) is 0.391. The highest BCUT2D eigenvalue weighted by atomic mass is 35.5. The number of ketones is 1. The summed E-state index contributed by atoms with van der Waals surface area (Å²) < 4.78 is 33.0.